The van der Waals surface area contributed by atoms with Crippen LogP contribution in [0.3, 0.4) is 0 Å². The fourth-order valence-corrected chi connectivity index (χ4v) is 1.39. The van der Waals surface area contributed by atoms with Crippen LogP contribution in [0.15, 0.2) is 24.3 Å². The number of nitrogens with one attached hydrogen (secondary N) is 2. The summed E-state index contributed by atoms with van der Waals surface area (Å²) in [7, 11) is 0. The van der Waals surface area contributed by atoms with Crippen molar-refractivity contribution in [1.82, 2.24) is 10.6 Å². The molecular weight excluding hydrogens is 248 g/mol. The fraction of sp³-hybridized carbons (Fsp3) is 0.385. The number of hydrogen-bond donors (Lipinski definition) is 4. The Morgan fingerprint density at radius 1 is 1.32 bits per heavy atom. The van der Waals surface area contributed by atoms with E-state index in [-0.39, 0.29) is 6.54 Å². The summed E-state index contributed by atoms with van der Waals surface area (Å²) in [5.74, 6) is -1.38. The minimum atomic E-state index is -1.97. The smallest absolute Gasteiger partial charge is 0.337 e. The summed E-state index contributed by atoms with van der Waals surface area (Å²) in [6, 6.07) is 7.13. The zero-order valence-corrected chi connectivity index (χ0v) is 10.9. The first-order valence-electron chi connectivity index (χ1n) is 5.84. The fourth-order valence-electron chi connectivity index (χ4n) is 1.39. The highest BCUT2D eigenvalue weighted by Gasteiger charge is 2.30. The highest BCUT2D eigenvalue weighted by atomic mass is 16.4. The number of carboxylic acids is 1. The Morgan fingerprint density at radius 3 is 2.58 bits per heavy atom. The number of rotatable bonds is 5. The molecule has 1 atom stereocenters. The third kappa shape index (κ3) is 4.97. The molecule has 0 bridgehead atoms. The number of aryl methyl sites for hydroxylation is 1. The summed E-state index contributed by atoms with van der Waals surface area (Å²) < 4.78 is 0. The van der Waals surface area contributed by atoms with Crippen LogP contribution in [0.2, 0.25) is 0 Å². The Bertz CT molecular complexity index is 471. The Hall–Kier alpha value is -2.08. The molecule has 6 heteroatoms. The number of aliphatic carboxylic acids is 1. The van der Waals surface area contributed by atoms with Gasteiger partial charge in [-0.1, -0.05) is 29.8 Å². The van der Waals surface area contributed by atoms with Crippen molar-refractivity contribution in [2.24, 2.45) is 0 Å². The third-order valence-electron chi connectivity index (χ3n) is 2.59. The maximum atomic E-state index is 11.4. The van der Waals surface area contributed by atoms with Crippen LogP contribution in [0.1, 0.15) is 18.1 Å². The van der Waals surface area contributed by atoms with Crippen molar-refractivity contribution in [2.75, 3.05) is 6.54 Å². The Balaban J connectivity index is 2.39. The SMILES string of the molecule is Cc1cccc(CNC(=O)NCC(C)(O)C(=O)O)c1. The topological polar surface area (TPSA) is 98.7 Å². The number of urea groups is 1. The quantitative estimate of drug-likeness (QED) is 0.628. The number of hydrogen-bond acceptors (Lipinski definition) is 3. The van der Waals surface area contributed by atoms with Gasteiger partial charge in [0.25, 0.3) is 0 Å². The van der Waals surface area contributed by atoms with Crippen molar-refractivity contribution in [2.45, 2.75) is 26.0 Å². The van der Waals surface area contributed by atoms with Gasteiger partial charge in [0.15, 0.2) is 5.60 Å². The van der Waals surface area contributed by atoms with Crippen molar-refractivity contribution >= 4 is 12.0 Å². The van der Waals surface area contributed by atoms with Gasteiger partial charge in [0, 0.05) is 6.54 Å². The predicted molar refractivity (Wildman–Crippen MR) is 69.7 cm³/mol. The van der Waals surface area contributed by atoms with Crippen molar-refractivity contribution in [3.05, 3.63) is 35.4 Å². The number of aliphatic hydroxyl groups is 1. The molecule has 0 aliphatic rings. The lowest BCUT2D eigenvalue weighted by Gasteiger charge is -2.18. The standard InChI is InChI=1S/C13H18N2O4/c1-9-4-3-5-10(6-9)7-14-12(18)15-8-13(2,19)11(16)17/h3-6,19H,7-8H2,1-2H3,(H,16,17)(H2,14,15,18). The van der Waals surface area contributed by atoms with Gasteiger partial charge in [-0.05, 0) is 19.4 Å². The molecule has 4 N–H and O–H groups in total. The maximum Gasteiger partial charge on any atom is 0.337 e. The number of benzene rings is 1. The van der Waals surface area contributed by atoms with Crippen molar-refractivity contribution in [3.63, 3.8) is 0 Å². The number of carbonyl (C=O) groups excluding carboxylic acids is 1. The normalized spacial score (nSPS) is 13.4. The largest absolute Gasteiger partial charge is 0.479 e. The van der Waals surface area contributed by atoms with Gasteiger partial charge in [0.2, 0.25) is 0 Å². The molecule has 1 unspecified atom stereocenters. The van der Waals surface area contributed by atoms with E-state index < -0.39 is 17.6 Å². The molecule has 1 aromatic carbocycles. The van der Waals surface area contributed by atoms with E-state index in [9.17, 15) is 14.7 Å². The van der Waals surface area contributed by atoms with Crippen LogP contribution in [-0.4, -0.2) is 34.4 Å². The van der Waals surface area contributed by atoms with Crippen LogP contribution in [-0.2, 0) is 11.3 Å². The molecule has 0 aromatic heterocycles. The minimum absolute atomic E-state index is 0.336. The van der Waals surface area contributed by atoms with E-state index in [1.807, 2.05) is 31.2 Å². The summed E-state index contributed by atoms with van der Waals surface area (Å²) in [5, 5.41) is 23.0. The van der Waals surface area contributed by atoms with Crippen molar-refractivity contribution < 1.29 is 19.8 Å². The van der Waals surface area contributed by atoms with E-state index in [0.29, 0.717) is 6.54 Å². The van der Waals surface area contributed by atoms with Crippen LogP contribution < -0.4 is 10.6 Å². The first-order valence-corrected chi connectivity index (χ1v) is 5.84. The monoisotopic (exact) mass is 266 g/mol. The van der Waals surface area contributed by atoms with Gasteiger partial charge < -0.3 is 20.8 Å². The molecule has 0 radical (unpaired) electrons. The summed E-state index contributed by atoms with van der Waals surface area (Å²) in [4.78, 5) is 22.1. The molecule has 1 aromatic rings. The third-order valence-corrected chi connectivity index (χ3v) is 2.59. The van der Waals surface area contributed by atoms with Crippen LogP contribution in [0.4, 0.5) is 4.79 Å². The van der Waals surface area contributed by atoms with Gasteiger partial charge in [-0.2, -0.15) is 0 Å². The molecule has 0 aliphatic heterocycles. The maximum absolute atomic E-state index is 11.4. The van der Waals surface area contributed by atoms with Crippen molar-refractivity contribution in [1.29, 1.82) is 0 Å². The first-order chi connectivity index (χ1) is 8.81. The molecule has 6 nitrogen and oxygen atoms in total. The van der Waals surface area contributed by atoms with E-state index in [1.165, 1.54) is 0 Å². The Kier molecular flexibility index (Phi) is 4.88. The highest BCUT2D eigenvalue weighted by Crippen LogP contribution is 2.03. The molecule has 19 heavy (non-hydrogen) atoms. The average Bonchev–Trinajstić information content (AvgIpc) is 2.34. The molecule has 0 aliphatic carbocycles. The van der Waals surface area contributed by atoms with E-state index in [2.05, 4.69) is 10.6 Å². The zero-order chi connectivity index (χ0) is 14.5. The lowest BCUT2D eigenvalue weighted by Crippen LogP contribution is -2.48. The van der Waals surface area contributed by atoms with Gasteiger partial charge in [-0.25, -0.2) is 9.59 Å². The molecule has 104 valence electrons. The van der Waals surface area contributed by atoms with Crippen LogP contribution >= 0.6 is 0 Å². The highest BCUT2D eigenvalue weighted by molar-refractivity contribution is 5.79. The van der Waals surface area contributed by atoms with E-state index in [4.69, 9.17) is 5.11 Å². The lowest BCUT2D eigenvalue weighted by molar-refractivity contribution is -0.155. The molecule has 0 spiro atoms. The van der Waals surface area contributed by atoms with Gasteiger partial charge in [0.05, 0.1) is 6.54 Å². The minimum Gasteiger partial charge on any atom is -0.479 e. The number of amides is 2. The van der Waals surface area contributed by atoms with Crippen LogP contribution in [0.5, 0.6) is 0 Å². The molecule has 2 amide bonds. The zero-order valence-electron chi connectivity index (χ0n) is 10.9. The molecular formula is C13H18N2O4. The molecule has 0 saturated heterocycles. The van der Waals surface area contributed by atoms with Gasteiger partial charge in [0.1, 0.15) is 0 Å². The van der Waals surface area contributed by atoms with E-state index >= 15 is 0 Å². The van der Waals surface area contributed by atoms with E-state index in [1.54, 1.807) is 0 Å². The molecule has 0 heterocycles. The summed E-state index contributed by atoms with van der Waals surface area (Å²) in [6.45, 7) is 3.05. The first kappa shape index (κ1) is 15.0. The Labute approximate surface area is 111 Å². The van der Waals surface area contributed by atoms with Crippen molar-refractivity contribution in [3.8, 4) is 0 Å². The average molecular weight is 266 g/mol. The number of carboxylic acid groups (broad SMARTS) is 1. The van der Waals surface area contributed by atoms with Gasteiger partial charge >= 0.3 is 12.0 Å². The molecule has 1 rings (SSSR count). The predicted octanol–water partition coefficient (Wildman–Crippen LogP) is 0.630. The van der Waals surface area contributed by atoms with Crippen LogP contribution in [0, 0.1) is 6.92 Å². The second-order valence-electron chi connectivity index (χ2n) is 4.60. The summed E-state index contributed by atoms with van der Waals surface area (Å²) >= 11 is 0. The summed E-state index contributed by atoms with van der Waals surface area (Å²) in [6.07, 6.45) is 0. The Morgan fingerprint density at radius 2 is 2.00 bits per heavy atom. The molecule has 0 saturated carbocycles. The van der Waals surface area contributed by atoms with Gasteiger partial charge in [-0.15, -0.1) is 0 Å². The lowest BCUT2D eigenvalue weighted by atomic mass is 10.1. The summed E-state index contributed by atoms with van der Waals surface area (Å²) in [5.41, 5.74) is 0.0642. The van der Waals surface area contributed by atoms with Crippen LogP contribution in [0.25, 0.3) is 0 Å². The van der Waals surface area contributed by atoms with Gasteiger partial charge in [-0.3, -0.25) is 0 Å². The molecule has 0 fully saturated rings. The van der Waals surface area contributed by atoms with E-state index in [0.717, 1.165) is 18.1 Å². The number of carbonyl (C=O) groups is 2. The second kappa shape index (κ2) is 6.19. The second-order valence-corrected chi connectivity index (χ2v) is 4.60.